The Balaban J connectivity index is 1.30. The van der Waals surface area contributed by atoms with Crippen molar-refractivity contribution in [2.24, 2.45) is 0 Å². The zero-order valence-electron chi connectivity index (χ0n) is 14.9. The first kappa shape index (κ1) is 16.9. The Morgan fingerprint density at radius 1 is 1.08 bits per heavy atom. The summed E-state index contributed by atoms with van der Waals surface area (Å²) in [6.45, 7) is 4.63. The third-order valence-corrected chi connectivity index (χ3v) is 5.65. The van der Waals surface area contributed by atoms with Crippen LogP contribution in [0.1, 0.15) is 42.5 Å². The van der Waals surface area contributed by atoms with Gasteiger partial charge in [0.2, 0.25) is 0 Å². The molecular weight excluding hydrogens is 316 g/mol. The van der Waals surface area contributed by atoms with Gasteiger partial charge in [-0.05, 0) is 31.0 Å². The lowest BCUT2D eigenvalue weighted by Gasteiger charge is -2.45. The number of carbonyl (C=O) groups excluding carboxylic acids is 1. The van der Waals surface area contributed by atoms with E-state index in [9.17, 15) is 4.79 Å². The summed E-state index contributed by atoms with van der Waals surface area (Å²) in [5.41, 5.74) is 0.711. The van der Waals surface area contributed by atoms with Gasteiger partial charge in [0.1, 0.15) is 11.9 Å². The standard InChI is InChI=1S/C20H28N2O3/c23-20(21-9-11-24-12-10-21)16-5-4-8-18(13-16)25-19-14-22(15-19)17-6-2-1-3-7-17/h4-5,8,13,17,19H,1-3,6-7,9-12,14-15H2. The van der Waals surface area contributed by atoms with Gasteiger partial charge in [0.05, 0.1) is 13.2 Å². The number of morpholine rings is 1. The Bertz CT molecular complexity index is 588. The summed E-state index contributed by atoms with van der Waals surface area (Å²) in [7, 11) is 0. The predicted octanol–water partition coefficient (Wildman–Crippen LogP) is 2.55. The van der Waals surface area contributed by atoms with E-state index in [4.69, 9.17) is 9.47 Å². The van der Waals surface area contributed by atoms with E-state index in [1.54, 1.807) is 0 Å². The molecule has 4 rings (SSSR count). The van der Waals surface area contributed by atoms with E-state index in [1.807, 2.05) is 29.2 Å². The third kappa shape index (κ3) is 3.98. The summed E-state index contributed by atoms with van der Waals surface area (Å²) in [6, 6.07) is 8.41. The number of benzene rings is 1. The number of likely N-dealkylation sites (tertiary alicyclic amines) is 1. The predicted molar refractivity (Wildman–Crippen MR) is 96.0 cm³/mol. The smallest absolute Gasteiger partial charge is 0.254 e. The molecule has 5 nitrogen and oxygen atoms in total. The van der Waals surface area contributed by atoms with Gasteiger partial charge < -0.3 is 14.4 Å². The number of hydrogen-bond donors (Lipinski definition) is 0. The second-order valence-electron chi connectivity index (χ2n) is 7.42. The molecule has 2 aliphatic heterocycles. The summed E-state index contributed by atoms with van der Waals surface area (Å²) in [5, 5.41) is 0. The molecule has 1 aromatic rings. The number of nitrogens with zero attached hydrogens (tertiary/aromatic N) is 2. The number of carbonyl (C=O) groups is 1. The third-order valence-electron chi connectivity index (χ3n) is 5.65. The van der Waals surface area contributed by atoms with Gasteiger partial charge in [-0.15, -0.1) is 0 Å². The molecule has 0 bridgehead atoms. The lowest BCUT2D eigenvalue weighted by molar-refractivity contribution is -0.0188. The first-order chi connectivity index (χ1) is 12.3. The molecule has 5 heteroatoms. The van der Waals surface area contributed by atoms with Gasteiger partial charge >= 0.3 is 0 Å². The summed E-state index contributed by atoms with van der Waals surface area (Å²) in [5.74, 6) is 0.888. The monoisotopic (exact) mass is 344 g/mol. The highest BCUT2D eigenvalue weighted by Crippen LogP contribution is 2.28. The van der Waals surface area contributed by atoms with Crippen molar-refractivity contribution in [2.45, 2.75) is 44.2 Å². The average molecular weight is 344 g/mol. The van der Waals surface area contributed by atoms with Crippen LogP contribution in [0.4, 0.5) is 0 Å². The Morgan fingerprint density at radius 2 is 1.84 bits per heavy atom. The van der Waals surface area contributed by atoms with Gasteiger partial charge in [0.25, 0.3) is 5.91 Å². The molecule has 25 heavy (non-hydrogen) atoms. The van der Waals surface area contributed by atoms with Crippen molar-refractivity contribution >= 4 is 5.91 Å². The van der Waals surface area contributed by atoms with E-state index in [2.05, 4.69) is 4.90 Å². The molecule has 1 saturated carbocycles. The Labute approximate surface area is 149 Å². The quantitative estimate of drug-likeness (QED) is 0.842. The van der Waals surface area contributed by atoms with Crippen LogP contribution in [0.25, 0.3) is 0 Å². The topological polar surface area (TPSA) is 42.0 Å². The first-order valence-corrected chi connectivity index (χ1v) is 9.67. The van der Waals surface area contributed by atoms with Crippen LogP contribution in [-0.4, -0.2) is 67.2 Å². The molecule has 0 N–H and O–H groups in total. The molecule has 0 aromatic heterocycles. The molecule has 1 amide bonds. The van der Waals surface area contributed by atoms with Crippen molar-refractivity contribution in [1.82, 2.24) is 9.80 Å². The second-order valence-corrected chi connectivity index (χ2v) is 7.42. The zero-order chi connectivity index (χ0) is 17.1. The van der Waals surface area contributed by atoms with Crippen molar-refractivity contribution in [3.05, 3.63) is 29.8 Å². The van der Waals surface area contributed by atoms with E-state index in [1.165, 1.54) is 32.1 Å². The summed E-state index contributed by atoms with van der Waals surface area (Å²) in [6.07, 6.45) is 7.09. The number of rotatable bonds is 4. The van der Waals surface area contributed by atoms with Gasteiger partial charge in [0.15, 0.2) is 0 Å². The highest BCUT2D eigenvalue weighted by molar-refractivity contribution is 5.94. The maximum absolute atomic E-state index is 12.6. The molecule has 136 valence electrons. The summed E-state index contributed by atoms with van der Waals surface area (Å²) < 4.78 is 11.4. The largest absolute Gasteiger partial charge is 0.488 e. The minimum Gasteiger partial charge on any atom is -0.488 e. The van der Waals surface area contributed by atoms with Gasteiger partial charge in [-0.2, -0.15) is 0 Å². The highest BCUT2D eigenvalue weighted by atomic mass is 16.5. The van der Waals surface area contributed by atoms with Gasteiger partial charge in [-0.25, -0.2) is 0 Å². The van der Waals surface area contributed by atoms with Gasteiger partial charge in [-0.1, -0.05) is 25.3 Å². The molecule has 3 aliphatic rings. The van der Waals surface area contributed by atoms with Crippen molar-refractivity contribution in [3.63, 3.8) is 0 Å². The summed E-state index contributed by atoms with van der Waals surface area (Å²) >= 11 is 0. The van der Waals surface area contributed by atoms with E-state index >= 15 is 0 Å². The maximum Gasteiger partial charge on any atom is 0.254 e. The minimum atomic E-state index is 0.0752. The molecule has 3 fully saturated rings. The Kier molecular flexibility index (Phi) is 5.22. The van der Waals surface area contributed by atoms with E-state index in [0.717, 1.165) is 24.9 Å². The molecule has 1 aliphatic carbocycles. The van der Waals surface area contributed by atoms with Crippen LogP contribution in [0.2, 0.25) is 0 Å². The lowest BCUT2D eigenvalue weighted by atomic mass is 9.92. The van der Waals surface area contributed by atoms with E-state index in [-0.39, 0.29) is 12.0 Å². The second kappa shape index (κ2) is 7.75. The number of hydrogen-bond acceptors (Lipinski definition) is 4. The normalized spacial score (nSPS) is 23.3. The highest BCUT2D eigenvalue weighted by Gasteiger charge is 2.34. The molecule has 0 radical (unpaired) electrons. The van der Waals surface area contributed by atoms with Crippen molar-refractivity contribution < 1.29 is 14.3 Å². The fourth-order valence-corrected chi connectivity index (χ4v) is 4.13. The number of amides is 1. The van der Waals surface area contributed by atoms with Crippen LogP contribution in [-0.2, 0) is 4.74 Å². The van der Waals surface area contributed by atoms with Crippen LogP contribution in [0.3, 0.4) is 0 Å². The van der Waals surface area contributed by atoms with Crippen molar-refractivity contribution in [3.8, 4) is 5.75 Å². The summed E-state index contributed by atoms with van der Waals surface area (Å²) in [4.78, 5) is 17.0. The van der Waals surface area contributed by atoms with Gasteiger partial charge in [-0.3, -0.25) is 9.69 Å². The van der Waals surface area contributed by atoms with E-state index < -0.39 is 0 Å². The SMILES string of the molecule is O=C(c1cccc(OC2CN(C3CCCCC3)C2)c1)N1CCOCC1. The number of ether oxygens (including phenoxy) is 2. The molecular formula is C20H28N2O3. The van der Waals surface area contributed by atoms with Crippen LogP contribution in [0.15, 0.2) is 24.3 Å². The molecule has 1 aromatic carbocycles. The van der Waals surface area contributed by atoms with E-state index in [0.29, 0.717) is 31.9 Å². The zero-order valence-corrected chi connectivity index (χ0v) is 14.9. The van der Waals surface area contributed by atoms with Crippen molar-refractivity contribution in [2.75, 3.05) is 39.4 Å². The van der Waals surface area contributed by atoms with Crippen LogP contribution >= 0.6 is 0 Å². The lowest BCUT2D eigenvalue weighted by Crippen LogP contribution is -2.58. The molecule has 0 unspecified atom stereocenters. The molecule has 0 atom stereocenters. The Morgan fingerprint density at radius 3 is 2.60 bits per heavy atom. The molecule has 2 heterocycles. The van der Waals surface area contributed by atoms with Crippen LogP contribution < -0.4 is 4.74 Å². The fraction of sp³-hybridized carbons (Fsp3) is 0.650. The van der Waals surface area contributed by atoms with Crippen molar-refractivity contribution in [1.29, 1.82) is 0 Å². The first-order valence-electron chi connectivity index (χ1n) is 9.67. The molecule has 0 spiro atoms. The maximum atomic E-state index is 12.6. The van der Waals surface area contributed by atoms with Gasteiger partial charge in [0, 0.05) is 37.8 Å². The minimum absolute atomic E-state index is 0.0752. The fourth-order valence-electron chi connectivity index (χ4n) is 4.13. The molecule has 2 saturated heterocycles. The van der Waals surface area contributed by atoms with Crippen LogP contribution in [0.5, 0.6) is 5.75 Å². The average Bonchev–Trinajstić information content (AvgIpc) is 2.65. The van der Waals surface area contributed by atoms with Crippen LogP contribution in [0, 0.1) is 0 Å². The Hall–Kier alpha value is -1.59.